The number of aryl methyl sites for hydroxylation is 1. The number of carbonyl (C=O) groups is 1. The van der Waals surface area contributed by atoms with Crippen molar-refractivity contribution < 1.29 is 13.2 Å². The molecule has 2 rings (SSSR count). The fraction of sp³-hybridized carbons (Fsp3) is 0.167. The maximum Gasteiger partial charge on any atom is 0.259 e. The summed E-state index contributed by atoms with van der Waals surface area (Å²) in [5.74, 6) is -0.411. The lowest BCUT2D eigenvalue weighted by Crippen LogP contribution is -2.17. The molecule has 1 heterocycles. The Morgan fingerprint density at radius 3 is 2.60 bits per heavy atom. The van der Waals surface area contributed by atoms with Crippen molar-refractivity contribution in [3.8, 4) is 0 Å². The lowest BCUT2D eigenvalue weighted by Gasteiger charge is -2.09. The van der Waals surface area contributed by atoms with Crippen LogP contribution in [0.15, 0.2) is 29.6 Å². The fourth-order valence-corrected chi connectivity index (χ4v) is 2.81. The van der Waals surface area contributed by atoms with E-state index in [4.69, 9.17) is 0 Å². The zero-order valence-corrected chi connectivity index (χ0v) is 12.5. The average molecular weight is 311 g/mol. The average Bonchev–Trinajstić information content (AvgIpc) is 2.73. The second-order valence-electron chi connectivity index (χ2n) is 4.17. The van der Waals surface area contributed by atoms with Crippen molar-refractivity contribution in [2.24, 2.45) is 0 Å². The number of aromatic nitrogens is 1. The number of sulfonamides is 1. The summed E-state index contributed by atoms with van der Waals surface area (Å²) in [6.45, 7) is 1.82. The molecule has 2 aromatic rings. The molecule has 0 atom stereocenters. The van der Waals surface area contributed by atoms with E-state index in [-0.39, 0.29) is 11.3 Å². The molecule has 106 valence electrons. The van der Waals surface area contributed by atoms with E-state index < -0.39 is 15.9 Å². The van der Waals surface area contributed by atoms with Crippen molar-refractivity contribution in [3.05, 3.63) is 40.9 Å². The van der Waals surface area contributed by atoms with E-state index in [1.807, 2.05) is 12.3 Å². The lowest BCUT2D eigenvalue weighted by molar-refractivity contribution is 0.102. The number of rotatable bonds is 4. The molecule has 0 radical (unpaired) electrons. The molecule has 6 nitrogen and oxygen atoms in total. The molecule has 0 fully saturated rings. The standard InChI is InChI=1S/C12H13N3O3S2/c1-8-7-19-12(13-8)14-11(16)9-5-3-4-6-10(9)15-20(2,17)18/h3-7,15H,1-2H3,(H,13,14,16). The zero-order chi connectivity index (χ0) is 14.8. The van der Waals surface area contributed by atoms with Gasteiger partial charge in [-0.15, -0.1) is 11.3 Å². The van der Waals surface area contributed by atoms with Gasteiger partial charge in [0, 0.05) is 5.38 Å². The molecule has 8 heteroatoms. The summed E-state index contributed by atoms with van der Waals surface area (Å²) < 4.78 is 24.9. The molecule has 0 aliphatic rings. The minimum Gasteiger partial charge on any atom is -0.298 e. The van der Waals surface area contributed by atoms with Gasteiger partial charge in [0.25, 0.3) is 5.91 Å². The second kappa shape index (κ2) is 5.59. The summed E-state index contributed by atoms with van der Waals surface area (Å²) >= 11 is 1.31. The Bertz CT molecular complexity index is 738. The van der Waals surface area contributed by atoms with Crippen molar-refractivity contribution in [2.45, 2.75) is 6.92 Å². The Hall–Kier alpha value is -1.93. The van der Waals surface area contributed by atoms with Crippen molar-refractivity contribution in [1.29, 1.82) is 0 Å². The third-order valence-corrected chi connectivity index (χ3v) is 3.77. The zero-order valence-electron chi connectivity index (χ0n) is 10.9. The third kappa shape index (κ3) is 3.78. The van der Waals surface area contributed by atoms with Gasteiger partial charge in [0.15, 0.2) is 5.13 Å². The summed E-state index contributed by atoms with van der Waals surface area (Å²) in [5, 5.41) is 4.93. The van der Waals surface area contributed by atoms with E-state index in [9.17, 15) is 13.2 Å². The van der Waals surface area contributed by atoms with Gasteiger partial charge in [0.1, 0.15) is 0 Å². The van der Waals surface area contributed by atoms with Crippen LogP contribution in [0.25, 0.3) is 0 Å². The molecule has 0 bridgehead atoms. The van der Waals surface area contributed by atoms with Gasteiger partial charge in [-0.3, -0.25) is 14.8 Å². The molecule has 1 amide bonds. The fourth-order valence-electron chi connectivity index (χ4n) is 1.55. The molecule has 2 N–H and O–H groups in total. The number of para-hydroxylation sites is 1. The topological polar surface area (TPSA) is 88.2 Å². The number of nitrogens with zero attached hydrogens (tertiary/aromatic N) is 1. The highest BCUT2D eigenvalue weighted by molar-refractivity contribution is 7.92. The lowest BCUT2D eigenvalue weighted by atomic mass is 10.2. The minimum absolute atomic E-state index is 0.237. The van der Waals surface area contributed by atoms with Crippen molar-refractivity contribution in [2.75, 3.05) is 16.3 Å². The number of thiazole rings is 1. The Morgan fingerprint density at radius 1 is 1.30 bits per heavy atom. The van der Waals surface area contributed by atoms with Crippen LogP contribution in [0.1, 0.15) is 16.1 Å². The Kier molecular flexibility index (Phi) is 4.05. The molecule has 0 saturated heterocycles. The van der Waals surface area contributed by atoms with E-state index in [1.54, 1.807) is 18.2 Å². The van der Waals surface area contributed by atoms with Gasteiger partial charge in [-0.05, 0) is 19.1 Å². The summed E-state index contributed by atoms with van der Waals surface area (Å²) in [6.07, 6.45) is 1.03. The second-order valence-corrected chi connectivity index (χ2v) is 6.77. The highest BCUT2D eigenvalue weighted by Crippen LogP contribution is 2.20. The molecular formula is C12H13N3O3S2. The summed E-state index contributed by atoms with van der Waals surface area (Å²) in [7, 11) is -3.44. The molecular weight excluding hydrogens is 298 g/mol. The quantitative estimate of drug-likeness (QED) is 0.905. The van der Waals surface area contributed by atoms with Gasteiger partial charge >= 0.3 is 0 Å². The molecule has 0 spiro atoms. The first-order chi connectivity index (χ1) is 9.35. The number of anilines is 2. The van der Waals surface area contributed by atoms with Crippen molar-refractivity contribution >= 4 is 38.1 Å². The molecule has 0 aliphatic heterocycles. The monoisotopic (exact) mass is 311 g/mol. The Labute approximate surface area is 120 Å². The van der Waals surface area contributed by atoms with Crippen LogP contribution in [-0.4, -0.2) is 25.6 Å². The number of amides is 1. The van der Waals surface area contributed by atoms with Gasteiger partial charge in [0.05, 0.1) is 23.2 Å². The summed E-state index contributed by atoms with van der Waals surface area (Å²) in [6, 6.07) is 6.39. The van der Waals surface area contributed by atoms with Gasteiger partial charge < -0.3 is 0 Å². The van der Waals surface area contributed by atoms with Crippen LogP contribution < -0.4 is 10.0 Å². The smallest absolute Gasteiger partial charge is 0.259 e. The van der Waals surface area contributed by atoms with Crippen LogP contribution in [0, 0.1) is 6.92 Å². The van der Waals surface area contributed by atoms with Crippen LogP contribution in [-0.2, 0) is 10.0 Å². The largest absolute Gasteiger partial charge is 0.298 e. The first-order valence-corrected chi connectivity index (χ1v) is 8.42. The van der Waals surface area contributed by atoms with E-state index in [0.29, 0.717) is 5.13 Å². The highest BCUT2D eigenvalue weighted by Gasteiger charge is 2.14. The predicted molar refractivity (Wildman–Crippen MR) is 79.7 cm³/mol. The number of carbonyl (C=O) groups excluding carboxylic acids is 1. The van der Waals surface area contributed by atoms with E-state index in [1.165, 1.54) is 17.4 Å². The molecule has 0 aliphatic carbocycles. The highest BCUT2D eigenvalue weighted by atomic mass is 32.2. The Morgan fingerprint density at radius 2 is 2.00 bits per heavy atom. The first-order valence-electron chi connectivity index (χ1n) is 5.65. The van der Waals surface area contributed by atoms with Gasteiger partial charge in [-0.2, -0.15) is 0 Å². The van der Waals surface area contributed by atoms with Gasteiger partial charge in [-0.25, -0.2) is 13.4 Å². The molecule has 20 heavy (non-hydrogen) atoms. The number of hydrogen-bond donors (Lipinski definition) is 2. The predicted octanol–water partition coefficient (Wildman–Crippen LogP) is 2.08. The van der Waals surface area contributed by atoms with Gasteiger partial charge in [-0.1, -0.05) is 12.1 Å². The number of benzene rings is 1. The Balaban J connectivity index is 2.25. The first kappa shape index (κ1) is 14.5. The maximum atomic E-state index is 12.2. The van der Waals surface area contributed by atoms with Crippen LogP contribution >= 0.6 is 11.3 Å². The van der Waals surface area contributed by atoms with Crippen molar-refractivity contribution in [1.82, 2.24) is 4.98 Å². The molecule has 1 aromatic carbocycles. The van der Waals surface area contributed by atoms with Crippen molar-refractivity contribution in [3.63, 3.8) is 0 Å². The van der Waals surface area contributed by atoms with Crippen LogP contribution in [0.5, 0.6) is 0 Å². The third-order valence-electron chi connectivity index (χ3n) is 2.31. The van der Waals surface area contributed by atoms with Crippen LogP contribution in [0.2, 0.25) is 0 Å². The van der Waals surface area contributed by atoms with E-state index in [0.717, 1.165) is 11.9 Å². The minimum atomic E-state index is -3.44. The van der Waals surface area contributed by atoms with E-state index >= 15 is 0 Å². The van der Waals surface area contributed by atoms with Gasteiger partial charge in [0.2, 0.25) is 10.0 Å². The number of nitrogens with one attached hydrogen (secondary N) is 2. The SMILES string of the molecule is Cc1csc(NC(=O)c2ccccc2NS(C)(=O)=O)n1. The van der Waals surface area contributed by atoms with Crippen LogP contribution in [0.3, 0.4) is 0 Å². The van der Waals surface area contributed by atoms with Crippen LogP contribution in [0.4, 0.5) is 10.8 Å². The maximum absolute atomic E-state index is 12.2. The molecule has 0 unspecified atom stereocenters. The normalized spacial score (nSPS) is 11.1. The summed E-state index contributed by atoms with van der Waals surface area (Å²) in [4.78, 5) is 16.3. The number of hydrogen-bond acceptors (Lipinski definition) is 5. The summed E-state index contributed by atoms with van der Waals surface area (Å²) in [5.41, 5.74) is 1.29. The molecule has 0 saturated carbocycles. The van der Waals surface area contributed by atoms with E-state index in [2.05, 4.69) is 15.0 Å². The molecule has 1 aromatic heterocycles.